The van der Waals surface area contributed by atoms with Gasteiger partial charge in [-0.1, -0.05) is 48.5 Å². The van der Waals surface area contributed by atoms with E-state index in [0.29, 0.717) is 6.04 Å². The fourth-order valence-corrected chi connectivity index (χ4v) is 6.14. The van der Waals surface area contributed by atoms with Gasteiger partial charge in [0.1, 0.15) is 0 Å². The Morgan fingerprint density at radius 3 is 2.57 bits per heavy atom. The van der Waals surface area contributed by atoms with Gasteiger partial charge in [-0.25, -0.2) is 0 Å². The van der Waals surface area contributed by atoms with Crippen LogP contribution in [0.25, 0.3) is 0 Å². The lowest BCUT2D eigenvalue weighted by Gasteiger charge is -2.37. The predicted octanol–water partition coefficient (Wildman–Crippen LogP) is 3.82. The Kier molecular flexibility index (Phi) is 4.51. The second-order valence-corrected chi connectivity index (χ2v) is 9.19. The molecule has 3 aliphatic rings. The SMILES string of the molecule is NC(=O)C1CCCN(C2CCC3(Cc4ccccc4Cc4ccccc43)C2)C1. The number of primary amides is 1. The molecule has 1 spiro atoms. The Hall–Kier alpha value is -2.13. The van der Waals surface area contributed by atoms with Crippen LogP contribution in [-0.4, -0.2) is 29.9 Å². The van der Waals surface area contributed by atoms with Crippen LogP contribution >= 0.6 is 0 Å². The topological polar surface area (TPSA) is 46.3 Å². The van der Waals surface area contributed by atoms with Crippen LogP contribution in [0.4, 0.5) is 0 Å². The molecule has 5 rings (SSSR count). The van der Waals surface area contributed by atoms with Crippen LogP contribution < -0.4 is 5.73 Å². The molecule has 0 radical (unpaired) electrons. The number of amides is 1. The summed E-state index contributed by atoms with van der Waals surface area (Å²) < 4.78 is 0. The van der Waals surface area contributed by atoms with E-state index in [1.165, 1.54) is 36.0 Å². The van der Waals surface area contributed by atoms with E-state index in [4.69, 9.17) is 5.73 Å². The maximum atomic E-state index is 11.8. The highest BCUT2D eigenvalue weighted by Gasteiger charge is 2.45. The van der Waals surface area contributed by atoms with Gasteiger partial charge < -0.3 is 5.73 Å². The van der Waals surface area contributed by atoms with Gasteiger partial charge in [-0.2, -0.15) is 0 Å². The molecule has 3 unspecified atom stereocenters. The molecule has 1 heterocycles. The van der Waals surface area contributed by atoms with Gasteiger partial charge in [-0.05, 0) is 73.7 Å². The third kappa shape index (κ3) is 3.06. The molecule has 0 bridgehead atoms. The minimum atomic E-state index is -0.119. The van der Waals surface area contributed by atoms with E-state index in [2.05, 4.69) is 53.4 Å². The van der Waals surface area contributed by atoms with Gasteiger partial charge in [0.15, 0.2) is 0 Å². The molecule has 2 fully saturated rings. The molecule has 146 valence electrons. The van der Waals surface area contributed by atoms with Gasteiger partial charge in [0.2, 0.25) is 5.91 Å². The smallest absolute Gasteiger partial charge is 0.221 e. The van der Waals surface area contributed by atoms with Crippen LogP contribution in [0.5, 0.6) is 0 Å². The average molecular weight is 375 g/mol. The number of fused-ring (bicyclic) bond motifs is 3. The van der Waals surface area contributed by atoms with Gasteiger partial charge in [-0.3, -0.25) is 9.69 Å². The van der Waals surface area contributed by atoms with E-state index in [1.807, 2.05) is 0 Å². The Labute approximate surface area is 167 Å². The number of hydrogen-bond acceptors (Lipinski definition) is 2. The van der Waals surface area contributed by atoms with E-state index in [9.17, 15) is 4.79 Å². The molecule has 2 aliphatic carbocycles. The zero-order valence-corrected chi connectivity index (χ0v) is 16.6. The van der Waals surface area contributed by atoms with Gasteiger partial charge in [-0.15, -0.1) is 0 Å². The van der Waals surface area contributed by atoms with Crippen LogP contribution in [0.1, 0.15) is 54.4 Å². The molecule has 1 saturated heterocycles. The first-order valence-electron chi connectivity index (χ1n) is 10.8. The van der Waals surface area contributed by atoms with Gasteiger partial charge in [0, 0.05) is 18.0 Å². The normalized spacial score (nSPS) is 29.9. The van der Waals surface area contributed by atoms with Crippen molar-refractivity contribution in [3.05, 3.63) is 70.8 Å². The zero-order valence-electron chi connectivity index (χ0n) is 16.6. The molecule has 2 aromatic carbocycles. The highest BCUT2D eigenvalue weighted by molar-refractivity contribution is 5.76. The van der Waals surface area contributed by atoms with E-state index in [1.54, 1.807) is 5.56 Å². The number of carbonyl (C=O) groups excluding carboxylic acids is 1. The van der Waals surface area contributed by atoms with Crippen molar-refractivity contribution in [2.45, 2.75) is 56.4 Å². The molecular formula is C25H30N2O. The van der Waals surface area contributed by atoms with Crippen LogP contribution in [0.15, 0.2) is 48.5 Å². The lowest BCUT2D eigenvalue weighted by molar-refractivity contribution is -0.123. The summed E-state index contributed by atoms with van der Waals surface area (Å²) >= 11 is 0. The van der Waals surface area contributed by atoms with E-state index in [0.717, 1.165) is 38.8 Å². The van der Waals surface area contributed by atoms with Crippen molar-refractivity contribution >= 4 is 5.91 Å². The number of likely N-dealkylation sites (tertiary alicyclic amines) is 1. The number of piperidine rings is 1. The maximum Gasteiger partial charge on any atom is 0.221 e. The molecule has 1 saturated carbocycles. The number of hydrogen-bond donors (Lipinski definition) is 1. The Morgan fingerprint density at radius 1 is 1.00 bits per heavy atom. The number of nitrogens with zero attached hydrogens (tertiary/aromatic N) is 1. The van der Waals surface area contributed by atoms with Crippen molar-refractivity contribution in [1.82, 2.24) is 4.90 Å². The molecule has 28 heavy (non-hydrogen) atoms. The number of benzene rings is 2. The second-order valence-electron chi connectivity index (χ2n) is 9.19. The van der Waals surface area contributed by atoms with Crippen molar-refractivity contribution in [1.29, 1.82) is 0 Å². The number of carbonyl (C=O) groups is 1. The van der Waals surface area contributed by atoms with Gasteiger partial charge in [0.25, 0.3) is 0 Å². The second kappa shape index (κ2) is 7.04. The largest absolute Gasteiger partial charge is 0.369 e. The molecule has 3 atom stereocenters. The first kappa shape index (κ1) is 17.9. The summed E-state index contributed by atoms with van der Waals surface area (Å²) in [7, 11) is 0. The quantitative estimate of drug-likeness (QED) is 0.869. The minimum absolute atomic E-state index is 0.0347. The average Bonchev–Trinajstić information content (AvgIpc) is 3.09. The lowest BCUT2D eigenvalue weighted by atomic mass is 9.73. The van der Waals surface area contributed by atoms with Crippen molar-refractivity contribution in [3.8, 4) is 0 Å². The van der Waals surface area contributed by atoms with Crippen molar-refractivity contribution in [2.75, 3.05) is 13.1 Å². The summed E-state index contributed by atoms with van der Waals surface area (Å²) in [4.78, 5) is 14.3. The fraction of sp³-hybridized carbons (Fsp3) is 0.480. The molecule has 2 aromatic rings. The standard InChI is InChI=1S/C25H30N2O/c26-24(28)21-9-5-13-27(17-21)22-11-12-25(16-22)15-20-8-2-1-6-18(20)14-19-7-3-4-10-23(19)25/h1-4,6-8,10,21-22H,5,9,11-17H2,(H2,26,28). The third-order valence-electron chi connectivity index (χ3n) is 7.57. The van der Waals surface area contributed by atoms with Gasteiger partial charge in [0.05, 0.1) is 5.92 Å². The van der Waals surface area contributed by atoms with Crippen molar-refractivity contribution in [3.63, 3.8) is 0 Å². The summed E-state index contributed by atoms with van der Waals surface area (Å²) in [6, 6.07) is 18.7. The Bertz CT molecular complexity index is 892. The first-order valence-corrected chi connectivity index (χ1v) is 10.8. The van der Waals surface area contributed by atoms with Gasteiger partial charge >= 0.3 is 0 Å². The van der Waals surface area contributed by atoms with Crippen molar-refractivity contribution < 1.29 is 4.79 Å². The highest BCUT2D eigenvalue weighted by atomic mass is 16.1. The summed E-state index contributed by atoms with van der Waals surface area (Å²) in [5, 5.41) is 0. The minimum Gasteiger partial charge on any atom is -0.369 e. The van der Waals surface area contributed by atoms with E-state index in [-0.39, 0.29) is 17.2 Å². The molecule has 3 heteroatoms. The summed E-state index contributed by atoms with van der Waals surface area (Å²) in [5.41, 5.74) is 11.9. The molecule has 0 aromatic heterocycles. The summed E-state index contributed by atoms with van der Waals surface area (Å²) in [5.74, 6) is -0.0846. The van der Waals surface area contributed by atoms with E-state index < -0.39 is 0 Å². The molecule has 3 nitrogen and oxygen atoms in total. The lowest BCUT2D eigenvalue weighted by Crippen LogP contribution is -2.46. The van der Waals surface area contributed by atoms with E-state index >= 15 is 0 Å². The zero-order chi connectivity index (χ0) is 19.1. The highest BCUT2D eigenvalue weighted by Crippen LogP contribution is 2.49. The summed E-state index contributed by atoms with van der Waals surface area (Å²) in [6.45, 7) is 1.97. The monoisotopic (exact) mass is 374 g/mol. The van der Waals surface area contributed by atoms with Crippen molar-refractivity contribution in [2.24, 2.45) is 11.7 Å². The number of nitrogens with two attached hydrogens (primary N) is 1. The third-order valence-corrected chi connectivity index (χ3v) is 7.57. The van der Waals surface area contributed by atoms with Crippen LogP contribution in [0.3, 0.4) is 0 Å². The Morgan fingerprint density at radius 2 is 1.75 bits per heavy atom. The maximum absolute atomic E-state index is 11.8. The molecular weight excluding hydrogens is 344 g/mol. The molecule has 1 aliphatic heterocycles. The Balaban J connectivity index is 1.47. The fourth-order valence-electron chi connectivity index (χ4n) is 6.14. The predicted molar refractivity (Wildman–Crippen MR) is 112 cm³/mol. The van der Waals surface area contributed by atoms with Crippen LogP contribution in [0.2, 0.25) is 0 Å². The summed E-state index contributed by atoms with van der Waals surface area (Å²) in [6.07, 6.45) is 7.90. The van der Waals surface area contributed by atoms with Crippen LogP contribution in [-0.2, 0) is 23.1 Å². The molecule has 2 N–H and O–H groups in total. The molecule has 1 amide bonds. The van der Waals surface area contributed by atoms with Crippen LogP contribution in [0, 0.1) is 5.92 Å². The number of rotatable bonds is 2. The first-order chi connectivity index (χ1) is 13.6.